The zero-order valence-corrected chi connectivity index (χ0v) is 15.9. The van der Waals surface area contributed by atoms with E-state index in [0.717, 1.165) is 17.7 Å². The molecule has 0 unspecified atom stereocenters. The van der Waals surface area contributed by atoms with E-state index in [9.17, 15) is 18.0 Å². The minimum Gasteiger partial charge on any atom is -0.463 e. The van der Waals surface area contributed by atoms with E-state index in [4.69, 9.17) is 4.42 Å². The highest BCUT2D eigenvalue weighted by atomic mass is 19.4. The van der Waals surface area contributed by atoms with Crippen molar-refractivity contribution in [3.8, 4) is 0 Å². The Morgan fingerprint density at radius 2 is 1.73 bits per heavy atom. The van der Waals surface area contributed by atoms with Crippen molar-refractivity contribution in [1.29, 1.82) is 0 Å². The number of furan rings is 1. The second-order valence-electron chi connectivity index (χ2n) is 6.98. The number of halogens is 3. The smallest absolute Gasteiger partial charge is 0.416 e. The summed E-state index contributed by atoms with van der Waals surface area (Å²) in [6.45, 7) is 0.563. The van der Waals surface area contributed by atoms with Gasteiger partial charge in [-0.3, -0.25) is 4.79 Å². The van der Waals surface area contributed by atoms with E-state index in [2.05, 4.69) is 5.32 Å². The van der Waals surface area contributed by atoms with E-state index in [-0.39, 0.29) is 12.5 Å². The lowest BCUT2D eigenvalue weighted by Crippen LogP contribution is -2.28. The largest absolute Gasteiger partial charge is 0.463 e. The Kier molecular flexibility index (Phi) is 5.35. The average molecular weight is 412 g/mol. The molecular weight excluding hydrogens is 393 g/mol. The Bertz CT molecular complexity index is 1160. The number of nitrogens with zero attached hydrogens (tertiary/aromatic N) is 1. The summed E-state index contributed by atoms with van der Waals surface area (Å²) in [5.74, 6) is -0.302. The first kappa shape index (κ1) is 19.8. The molecule has 0 fully saturated rings. The monoisotopic (exact) mass is 412 g/mol. The summed E-state index contributed by atoms with van der Waals surface area (Å²) in [4.78, 5) is 12.8. The van der Waals surface area contributed by atoms with Gasteiger partial charge in [0.1, 0.15) is 5.69 Å². The van der Waals surface area contributed by atoms with Gasteiger partial charge in [0.25, 0.3) is 5.91 Å². The number of alkyl halides is 3. The van der Waals surface area contributed by atoms with E-state index in [1.54, 1.807) is 22.8 Å². The van der Waals surface area contributed by atoms with Crippen LogP contribution in [0.25, 0.3) is 11.1 Å². The van der Waals surface area contributed by atoms with E-state index in [1.807, 2.05) is 30.3 Å². The third-order valence-electron chi connectivity index (χ3n) is 4.89. The van der Waals surface area contributed by atoms with Gasteiger partial charge in [-0.1, -0.05) is 42.5 Å². The first-order valence-corrected chi connectivity index (χ1v) is 9.47. The molecule has 4 rings (SSSR count). The summed E-state index contributed by atoms with van der Waals surface area (Å²) < 4.78 is 46.2. The lowest BCUT2D eigenvalue weighted by molar-refractivity contribution is -0.137. The van der Waals surface area contributed by atoms with Crippen molar-refractivity contribution in [2.24, 2.45) is 0 Å². The summed E-state index contributed by atoms with van der Waals surface area (Å²) in [6.07, 6.45) is -2.25. The van der Waals surface area contributed by atoms with E-state index >= 15 is 0 Å². The molecule has 0 spiro atoms. The standard InChI is InChI=1S/C23H19F3N2O2/c24-23(25,26)18-8-4-7-17(13-18)15-28-19-10-12-30-21(19)14-20(28)22(29)27-11-9-16-5-2-1-3-6-16/h1-8,10,12-14H,9,11,15H2,(H,27,29). The molecule has 0 radical (unpaired) electrons. The quantitative estimate of drug-likeness (QED) is 0.469. The summed E-state index contributed by atoms with van der Waals surface area (Å²) in [6, 6.07) is 18.2. The maximum atomic E-state index is 13.1. The Morgan fingerprint density at radius 3 is 2.50 bits per heavy atom. The van der Waals surface area contributed by atoms with Gasteiger partial charge in [-0.2, -0.15) is 13.2 Å². The van der Waals surface area contributed by atoms with Crippen LogP contribution in [0.2, 0.25) is 0 Å². The number of amides is 1. The van der Waals surface area contributed by atoms with E-state index in [0.29, 0.717) is 35.3 Å². The van der Waals surface area contributed by atoms with Crippen LogP contribution in [0.15, 0.2) is 77.4 Å². The number of fused-ring (bicyclic) bond motifs is 1. The maximum Gasteiger partial charge on any atom is 0.416 e. The van der Waals surface area contributed by atoms with Crippen LogP contribution < -0.4 is 5.32 Å². The molecule has 0 bridgehead atoms. The molecule has 4 aromatic rings. The van der Waals surface area contributed by atoms with Gasteiger partial charge in [0, 0.05) is 25.2 Å². The van der Waals surface area contributed by atoms with Crippen LogP contribution in [0.1, 0.15) is 27.2 Å². The summed E-state index contributed by atoms with van der Waals surface area (Å²) >= 11 is 0. The third kappa shape index (κ3) is 4.25. The van der Waals surface area contributed by atoms with Crippen molar-refractivity contribution >= 4 is 17.0 Å². The Labute approximate surface area is 170 Å². The van der Waals surface area contributed by atoms with Gasteiger partial charge >= 0.3 is 6.18 Å². The number of hydrogen-bond acceptors (Lipinski definition) is 2. The van der Waals surface area contributed by atoms with E-state index in [1.165, 1.54) is 12.3 Å². The topological polar surface area (TPSA) is 47.2 Å². The number of benzene rings is 2. The molecule has 1 amide bonds. The van der Waals surface area contributed by atoms with Crippen LogP contribution in [-0.4, -0.2) is 17.0 Å². The Balaban J connectivity index is 1.55. The molecule has 0 saturated carbocycles. The number of carbonyl (C=O) groups is 1. The van der Waals surface area contributed by atoms with Gasteiger partial charge in [0.05, 0.1) is 17.3 Å². The number of nitrogens with one attached hydrogen (secondary N) is 1. The molecule has 30 heavy (non-hydrogen) atoms. The first-order chi connectivity index (χ1) is 14.4. The molecule has 0 aliphatic heterocycles. The van der Waals surface area contributed by atoms with Gasteiger partial charge in [0.15, 0.2) is 5.58 Å². The molecule has 2 aromatic heterocycles. The predicted octanol–water partition coefficient (Wildman–Crippen LogP) is 5.27. The Hall–Kier alpha value is -3.48. The SMILES string of the molecule is O=C(NCCc1ccccc1)c1cc2occc2n1Cc1cccc(C(F)(F)F)c1. The highest BCUT2D eigenvalue weighted by Crippen LogP contribution is 2.30. The van der Waals surface area contributed by atoms with Gasteiger partial charge in [-0.15, -0.1) is 0 Å². The summed E-state index contributed by atoms with van der Waals surface area (Å²) in [5, 5.41) is 2.88. The zero-order chi connectivity index (χ0) is 21.1. The van der Waals surface area contributed by atoms with Crippen LogP contribution >= 0.6 is 0 Å². The van der Waals surface area contributed by atoms with Crippen molar-refractivity contribution in [3.05, 3.63) is 95.4 Å². The summed E-state index contributed by atoms with van der Waals surface area (Å²) in [7, 11) is 0. The molecular formula is C23H19F3N2O2. The maximum absolute atomic E-state index is 13.1. The number of rotatable bonds is 6. The minimum absolute atomic E-state index is 0.119. The van der Waals surface area contributed by atoms with Gasteiger partial charge in [0.2, 0.25) is 0 Å². The predicted molar refractivity (Wildman–Crippen MR) is 107 cm³/mol. The van der Waals surface area contributed by atoms with E-state index < -0.39 is 11.7 Å². The fraction of sp³-hybridized carbons (Fsp3) is 0.174. The molecule has 1 N–H and O–H groups in total. The van der Waals surface area contributed by atoms with Gasteiger partial charge < -0.3 is 14.3 Å². The van der Waals surface area contributed by atoms with Crippen LogP contribution in [0.4, 0.5) is 13.2 Å². The highest BCUT2D eigenvalue weighted by molar-refractivity contribution is 5.97. The van der Waals surface area contributed by atoms with Crippen molar-refractivity contribution in [1.82, 2.24) is 9.88 Å². The molecule has 2 heterocycles. The summed E-state index contributed by atoms with van der Waals surface area (Å²) in [5.41, 5.74) is 2.34. The fourth-order valence-electron chi connectivity index (χ4n) is 3.42. The molecule has 154 valence electrons. The molecule has 0 aliphatic carbocycles. The normalized spacial score (nSPS) is 11.7. The van der Waals surface area contributed by atoms with Gasteiger partial charge in [-0.25, -0.2) is 0 Å². The minimum atomic E-state index is -4.42. The number of carbonyl (C=O) groups excluding carboxylic acids is 1. The molecule has 7 heteroatoms. The van der Waals surface area contributed by atoms with Crippen molar-refractivity contribution in [2.75, 3.05) is 6.54 Å². The third-order valence-corrected chi connectivity index (χ3v) is 4.89. The van der Waals surface area contributed by atoms with Gasteiger partial charge in [-0.05, 0) is 29.7 Å². The number of hydrogen-bond donors (Lipinski definition) is 1. The molecule has 2 aromatic carbocycles. The van der Waals surface area contributed by atoms with Crippen molar-refractivity contribution < 1.29 is 22.4 Å². The molecule has 4 nitrogen and oxygen atoms in total. The molecule has 0 aliphatic rings. The lowest BCUT2D eigenvalue weighted by Gasteiger charge is -2.13. The zero-order valence-electron chi connectivity index (χ0n) is 15.9. The average Bonchev–Trinajstić information content (AvgIpc) is 3.31. The van der Waals surface area contributed by atoms with Crippen LogP contribution in [-0.2, 0) is 19.1 Å². The molecule has 0 atom stereocenters. The second kappa shape index (κ2) is 8.10. The number of aromatic nitrogens is 1. The Morgan fingerprint density at radius 1 is 0.967 bits per heavy atom. The first-order valence-electron chi connectivity index (χ1n) is 9.47. The van der Waals surface area contributed by atoms with Crippen LogP contribution in [0.3, 0.4) is 0 Å². The lowest BCUT2D eigenvalue weighted by atomic mass is 10.1. The molecule has 0 saturated heterocycles. The second-order valence-corrected chi connectivity index (χ2v) is 6.98. The fourth-order valence-corrected chi connectivity index (χ4v) is 3.42. The van der Waals surface area contributed by atoms with Crippen molar-refractivity contribution in [2.45, 2.75) is 19.1 Å². The highest BCUT2D eigenvalue weighted by Gasteiger charge is 2.30. The van der Waals surface area contributed by atoms with Crippen molar-refractivity contribution in [3.63, 3.8) is 0 Å². The van der Waals surface area contributed by atoms with Crippen LogP contribution in [0.5, 0.6) is 0 Å². The van der Waals surface area contributed by atoms with Crippen LogP contribution in [0, 0.1) is 0 Å².